The molecular formula is C114H107BrN4O26. The van der Waals surface area contributed by atoms with Gasteiger partial charge in [0.15, 0.2) is 22.2 Å². The van der Waals surface area contributed by atoms with Crippen molar-refractivity contribution < 1.29 is 119 Å². The molecule has 3 spiro atoms. The molecule has 0 radical (unpaired) electrons. The molecule has 1 aliphatic carbocycles. The van der Waals surface area contributed by atoms with E-state index in [1.807, 2.05) is 42.3 Å². The summed E-state index contributed by atoms with van der Waals surface area (Å²) in [6, 6.07) is 59.7. The molecule has 19 rings (SSSR count). The maximum absolute atomic E-state index is 13.5. The first-order valence-corrected chi connectivity index (χ1v) is 47.6. The van der Waals surface area contributed by atoms with E-state index in [0.29, 0.717) is 158 Å². The van der Waals surface area contributed by atoms with Crippen molar-refractivity contribution >= 4 is 109 Å². The van der Waals surface area contributed by atoms with Crippen molar-refractivity contribution in [3.8, 4) is 97.2 Å². The number of nitrogen functional groups attached to an aromatic ring is 2. The Labute approximate surface area is 843 Å². The Morgan fingerprint density at radius 1 is 0.366 bits per heavy atom. The minimum absolute atomic E-state index is 0.000548. The van der Waals surface area contributed by atoms with Gasteiger partial charge in [0.1, 0.15) is 86.1 Å². The first kappa shape index (κ1) is 102. The normalized spacial score (nSPS) is 14.2. The number of esters is 9. The molecule has 0 aromatic heterocycles. The van der Waals surface area contributed by atoms with Crippen LogP contribution in [0.1, 0.15) is 216 Å². The lowest BCUT2D eigenvalue weighted by molar-refractivity contribution is -0.143. The number of alkyl halides is 1. The summed E-state index contributed by atoms with van der Waals surface area (Å²) in [5.41, 5.74) is 14.2. The fraction of sp³-hybridized carbons (Fsp3) is 0.272. The number of nitrogens with zero attached hydrogens (tertiary/aromatic N) is 1. The largest absolute Gasteiger partial charge is 0.508 e. The van der Waals surface area contributed by atoms with Crippen molar-refractivity contribution in [2.75, 3.05) is 47.7 Å². The van der Waals surface area contributed by atoms with Crippen LogP contribution in [-0.4, -0.2) is 95.9 Å². The van der Waals surface area contributed by atoms with E-state index in [1.165, 1.54) is 30.3 Å². The Balaban J connectivity index is 0.000000140. The second kappa shape index (κ2) is 37.5. The van der Waals surface area contributed by atoms with E-state index in [9.17, 15) is 63.0 Å². The Hall–Kier alpha value is -16.3. The van der Waals surface area contributed by atoms with Gasteiger partial charge >= 0.3 is 59.7 Å². The maximum Gasteiger partial charge on any atom is 0.340 e. The number of halogens is 1. The van der Waals surface area contributed by atoms with Crippen molar-refractivity contribution in [1.82, 2.24) is 0 Å². The van der Waals surface area contributed by atoms with Gasteiger partial charge in [0.05, 0.1) is 54.7 Å². The smallest absolute Gasteiger partial charge is 0.340 e. The third kappa shape index (κ3) is 19.5. The topological polar surface area (TPSA) is 419 Å². The number of carbonyl (C=O) groups is 10. The number of hydrogen-bond donors (Lipinski definition) is 5. The van der Waals surface area contributed by atoms with E-state index in [-0.39, 0.29) is 39.7 Å². The monoisotopic (exact) mass is 2030 g/mol. The summed E-state index contributed by atoms with van der Waals surface area (Å²) in [5.74, 6) is -0.950. The van der Waals surface area contributed by atoms with Gasteiger partial charge in [0.25, 0.3) is 0 Å². The quantitative estimate of drug-likeness (QED) is 0.0189. The molecule has 30 nitrogen and oxygen atoms in total. The van der Waals surface area contributed by atoms with Crippen LogP contribution in [0.15, 0.2) is 228 Å². The first-order valence-electron chi connectivity index (χ1n) is 46.4. The van der Waals surface area contributed by atoms with Crippen molar-refractivity contribution in [2.24, 2.45) is 32.5 Å². The number of benzene rings is 12. The molecule has 7 heterocycles. The number of nitrogens with two attached hydrogens (primary N) is 2. The molecule has 11 aromatic carbocycles. The molecular weight excluding hydrogens is 1920 g/mol. The molecule has 31 heteroatoms. The average molecular weight is 2030 g/mol. The van der Waals surface area contributed by atoms with Crippen LogP contribution in [0.25, 0.3) is 33.4 Å². The van der Waals surface area contributed by atoms with Crippen LogP contribution >= 0.6 is 15.9 Å². The minimum Gasteiger partial charge on any atom is -0.508 e. The van der Waals surface area contributed by atoms with Crippen LogP contribution in [0, 0.1) is 32.5 Å². The average Bonchev–Trinajstić information content (AvgIpc) is 1.56. The molecule has 145 heavy (non-hydrogen) atoms. The Bertz CT molecular complexity index is 7380. The number of aromatic hydroxyl groups is 1. The summed E-state index contributed by atoms with van der Waals surface area (Å²) in [7, 11) is 3.73. The molecule has 7 aliphatic heterocycles. The van der Waals surface area contributed by atoms with Crippen molar-refractivity contribution in [2.45, 2.75) is 141 Å². The fourth-order valence-electron chi connectivity index (χ4n) is 16.8. The molecule has 0 saturated heterocycles. The number of anilines is 4. The van der Waals surface area contributed by atoms with Crippen LogP contribution < -0.4 is 69.7 Å². The number of phenolic OH excluding ortho intramolecular Hbond substituents is 1. The van der Waals surface area contributed by atoms with E-state index in [1.54, 1.807) is 289 Å². The molecule has 11 aromatic rings. The van der Waals surface area contributed by atoms with Gasteiger partial charge in [-0.25, -0.2) is 19.2 Å². The van der Waals surface area contributed by atoms with Crippen molar-refractivity contribution in [3.05, 3.63) is 301 Å². The number of hydrogen-bond acceptors (Lipinski definition) is 29. The second-order valence-electron chi connectivity index (χ2n) is 41.9. The van der Waals surface area contributed by atoms with E-state index < -0.39 is 109 Å². The maximum atomic E-state index is 13.5. The van der Waals surface area contributed by atoms with Gasteiger partial charge in [-0.2, -0.15) is 0 Å². The molecule has 0 unspecified atom stereocenters. The number of carbonyl (C=O) groups excluding carboxylic acids is 9. The predicted octanol–water partition coefficient (Wildman–Crippen LogP) is 22.5. The minimum atomic E-state index is -1.35. The van der Waals surface area contributed by atoms with Crippen LogP contribution in [0.5, 0.6) is 74.7 Å². The number of phenols is 1. The Morgan fingerprint density at radius 3 is 1.03 bits per heavy atom. The summed E-state index contributed by atoms with van der Waals surface area (Å²) in [6.07, 6.45) is 0. The van der Waals surface area contributed by atoms with Gasteiger partial charge in [-0.3, -0.25) is 33.6 Å². The molecule has 0 atom stereocenters. The van der Waals surface area contributed by atoms with Gasteiger partial charge in [-0.15, -0.1) is 0 Å². The van der Waals surface area contributed by atoms with Crippen molar-refractivity contribution in [1.29, 1.82) is 0 Å². The second-order valence-corrected chi connectivity index (χ2v) is 42.7. The predicted molar refractivity (Wildman–Crippen MR) is 543 cm³/mol. The van der Waals surface area contributed by atoms with Crippen LogP contribution in [-0.2, 0) is 59.8 Å². The van der Waals surface area contributed by atoms with Gasteiger partial charge in [-0.1, -0.05) is 40.2 Å². The molecule has 0 bridgehead atoms. The summed E-state index contributed by atoms with van der Waals surface area (Å²) >= 11 is 3.47. The molecule has 746 valence electrons. The third-order valence-corrected chi connectivity index (χ3v) is 24.9. The number of aromatic carboxylic acids is 1. The zero-order valence-electron chi connectivity index (χ0n) is 83.4. The summed E-state index contributed by atoms with van der Waals surface area (Å²) in [4.78, 5) is 141. The lowest BCUT2D eigenvalue weighted by atomic mass is 9.77. The highest BCUT2D eigenvalue weighted by Gasteiger charge is 2.58. The van der Waals surface area contributed by atoms with Gasteiger partial charge in [0, 0.05) is 164 Å². The summed E-state index contributed by atoms with van der Waals surface area (Å²) in [5, 5.41) is 23.8. The molecule has 0 amide bonds. The Kier molecular flexibility index (Phi) is 26.3. The molecule has 8 aliphatic rings. The first-order chi connectivity index (χ1) is 68.0. The van der Waals surface area contributed by atoms with E-state index in [4.69, 9.17) is 72.7 Å². The van der Waals surface area contributed by atoms with Crippen LogP contribution in [0.2, 0.25) is 0 Å². The third-order valence-electron chi connectivity index (χ3n) is 24.6. The standard InChI is InChI=1S/C33H34BrNO7.C31H31NO7.C30H29NO7.C20H13NO5/c1-31(2,3)29(37)39-20-9-12-24-26(17-20)41-27-18-21(40-30(38)32(4,5)6)10-13-25(27)33(24)23-11-8-19(35(7)15-14-34)16-22(23)28(36)42-33;1-29(2,3)27(34)36-18-9-12-22-24(15-18)38-25-16-19(37-28(35)30(4,5)6)10-13-23(25)31(22)21-11-8-17(32-7)14-20(21)26(33)39-31;1-28(2,3)26(33)35-17-8-11-21-23(14-17)37-24-15-18(36-27(34)29(4,5)6)9-12-22(24)30(21)20-10-7-16(31)13-19(20)25(32)38-30;21-10-1-4-13(16(7-10)20(24)25)19-14-5-2-11(22)8-17(14)26-18-9-12(23)3-6-15(18)19/h8-13,16-18H,14-15H2,1-7H3;8-16,32H,1-7H3;7-15H,31H2,1-6H3;1-9,22H,21H2,(H,24,25). The highest BCUT2D eigenvalue weighted by molar-refractivity contribution is 9.09. The van der Waals surface area contributed by atoms with Crippen molar-refractivity contribution in [3.63, 3.8) is 0 Å². The molecule has 0 fully saturated rings. The number of ether oxygens (including phenoxy) is 12. The van der Waals surface area contributed by atoms with Crippen LogP contribution in [0.3, 0.4) is 0 Å². The van der Waals surface area contributed by atoms with Crippen LogP contribution in [0.4, 0.5) is 22.7 Å². The highest BCUT2D eigenvalue weighted by Crippen LogP contribution is 2.62. The number of carboxylic acids is 1. The fourth-order valence-corrected chi connectivity index (χ4v) is 17.3. The lowest BCUT2D eigenvalue weighted by Crippen LogP contribution is -2.33. The van der Waals surface area contributed by atoms with Gasteiger partial charge in [0.2, 0.25) is 0 Å². The summed E-state index contributed by atoms with van der Waals surface area (Å²) < 4.78 is 77.0. The molecule has 7 N–H and O–H groups in total. The lowest BCUT2D eigenvalue weighted by Gasteiger charge is -2.36. The van der Waals surface area contributed by atoms with E-state index in [2.05, 4.69) is 21.2 Å². The Morgan fingerprint density at radius 2 is 0.683 bits per heavy atom. The zero-order chi connectivity index (χ0) is 105. The number of fused-ring (bicyclic) bond motifs is 20. The van der Waals surface area contributed by atoms with Gasteiger partial charge < -0.3 is 93.2 Å². The van der Waals surface area contributed by atoms with E-state index in [0.717, 1.165) is 23.2 Å². The van der Waals surface area contributed by atoms with Gasteiger partial charge in [-0.05, 0) is 276 Å². The van der Waals surface area contributed by atoms with E-state index >= 15 is 0 Å². The number of rotatable bonds is 12. The SMILES string of the molecule is CC(C)(C)C(=O)Oc1ccc2c(c1)Oc1cc(OC(=O)C(C)(C)C)ccc1C21OC(=O)c2cc(N)ccc21.CN(CCBr)c1ccc2c(c1)C(=O)OC21c2ccc(OC(=O)C(C)(C)C)cc2Oc2cc(OC(=O)C(C)(C)C)ccc21.CNc1ccc2c(c1)C(=O)OC21c2ccc(OC(=O)C(C)(C)C)cc2Oc2cc(OC(=O)C(C)(C)C)ccc21.Nc1ccc(-c2c3ccc(=O)cc-3oc3cc(O)ccc23)c(C(=O)O)c1. The summed E-state index contributed by atoms with van der Waals surface area (Å²) in [6.45, 7) is 32.6. The number of carboxylic acid groups (broad SMARTS) is 1. The zero-order valence-corrected chi connectivity index (χ0v) is 85.0. The molecule has 0 saturated carbocycles. The number of nitrogens with one attached hydrogen (secondary N) is 1. The highest BCUT2D eigenvalue weighted by atomic mass is 79.9.